The van der Waals surface area contributed by atoms with Crippen LogP contribution in [0.25, 0.3) is 0 Å². The summed E-state index contributed by atoms with van der Waals surface area (Å²) in [5.41, 5.74) is 3.86. The second-order valence-electron chi connectivity index (χ2n) is 6.88. The van der Waals surface area contributed by atoms with Crippen LogP contribution in [0.1, 0.15) is 84.5 Å². The van der Waals surface area contributed by atoms with Gasteiger partial charge in [0.15, 0.2) is 5.96 Å². The average Bonchev–Trinajstić information content (AvgIpc) is 2.61. The predicted molar refractivity (Wildman–Crippen MR) is 115 cm³/mol. The molecule has 27 heavy (non-hydrogen) atoms. The Labute approximate surface area is 166 Å². The molecule has 0 aromatic carbocycles. The van der Waals surface area contributed by atoms with E-state index in [0.29, 0.717) is 6.42 Å². The molecule has 5 N–H and O–H groups in total. The number of methoxy groups -OCH3 is 2. The van der Waals surface area contributed by atoms with Crippen LogP contribution in [0, 0.1) is 5.41 Å². The van der Waals surface area contributed by atoms with Gasteiger partial charge in [-0.1, -0.05) is 71.6 Å². The third kappa shape index (κ3) is 15.0. The minimum atomic E-state index is -3.35. The van der Waals surface area contributed by atoms with Crippen LogP contribution < -0.4 is 11.1 Å². The summed E-state index contributed by atoms with van der Waals surface area (Å²) in [6.07, 6.45) is 13.8. The summed E-state index contributed by atoms with van der Waals surface area (Å²) in [6, 6.07) is 0. The molecule has 0 spiro atoms. The van der Waals surface area contributed by atoms with Crippen LogP contribution in [0.4, 0.5) is 0 Å². The number of nitrogens with one attached hydrogen (secondary N) is 2. The largest absolute Gasteiger partial charge is 0.370 e. The maximum absolute atomic E-state index is 11.2. The van der Waals surface area contributed by atoms with Gasteiger partial charge in [-0.15, -0.1) is 0 Å². The first-order valence-corrected chi connectivity index (χ1v) is 12.3. The highest BCUT2D eigenvalue weighted by atomic mass is 31.2. The van der Waals surface area contributed by atoms with Crippen molar-refractivity contribution >= 4 is 13.3 Å². The fraction of sp³-hybridized carbons (Fsp3) is 0.947. The Bertz CT molecular complexity index is 390. The molecule has 0 radical (unpaired) electrons. The van der Waals surface area contributed by atoms with Gasteiger partial charge < -0.3 is 25.4 Å². The van der Waals surface area contributed by atoms with E-state index in [9.17, 15) is 9.46 Å². The number of nitrogens with two attached hydrogens (primary N) is 1. The number of rotatable bonds is 15. The van der Waals surface area contributed by atoms with Crippen molar-refractivity contribution in [1.29, 1.82) is 5.41 Å². The van der Waals surface area contributed by atoms with E-state index in [2.05, 4.69) is 12.2 Å². The summed E-state index contributed by atoms with van der Waals surface area (Å²) in [6.45, 7) is 6.07. The fourth-order valence-electron chi connectivity index (χ4n) is 2.84. The molecule has 0 aromatic heterocycles. The monoisotopic (exact) mass is 409 g/mol. The molecule has 0 aliphatic carbocycles. The Kier molecular flexibility index (Phi) is 18.5. The van der Waals surface area contributed by atoms with E-state index in [0.717, 1.165) is 13.0 Å². The minimum Gasteiger partial charge on any atom is -0.370 e. The van der Waals surface area contributed by atoms with Gasteiger partial charge in [0.2, 0.25) is 5.53 Å². The molecule has 164 valence electrons. The Balaban J connectivity index is 0. The van der Waals surface area contributed by atoms with E-state index in [1.165, 1.54) is 78.7 Å². The quantitative estimate of drug-likeness (QED) is 0.103. The standard InChI is InChI=1S/C13H29N3.C6H15O4P/c1-2-3-4-5-6-7-8-9-10-11-12-16-13(14)15;1-5-6(9-2,10-3)11(4,7)8/h2-12H2,1H3,(H4,14,15,16);5H2,1-4H3,(H,7,8). The van der Waals surface area contributed by atoms with Crippen molar-refractivity contribution in [3.05, 3.63) is 0 Å². The van der Waals surface area contributed by atoms with Gasteiger partial charge in [-0.2, -0.15) is 0 Å². The molecule has 0 fully saturated rings. The Morgan fingerprint density at radius 2 is 1.41 bits per heavy atom. The van der Waals surface area contributed by atoms with Gasteiger partial charge in [-0.25, -0.2) is 0 Å². The molecule has 0 aliphatic heterocycles. The molecule has 0 heterocycles. The van der Waals surface area contributed by atoms with Gasteiger partial charge in [0.1, 0.15) is 0 Å². The lowest BCUT2D eigenvalue weighted by atomic mass is 10.1. The summed E-state index contributed by atoms with van der Waals surface area (Å²) in [5, 5.41) is 9.82. The molecule has 0 bridgehead atoms. The molecule has 0 saturated carbocycles. The summed E-state index contributed by atoms with van der Waals surface area (Å²) in [4.78, 5) is 9.23. The van der Waals surface area contributed by atoms with Crippen LogP contribution in [-0.4, -0.2) is 43.8 Å². The van der Waals surface area contributed by atoms with Crippen LogP contribution in [0.3, 0.4) is 0 Å². The van der Waals surface area contributed by atoms with Crippen LogP contribution in [-0.2, 0) is 14.0 Å². The first-order valence-electron chi connectivity index (χ1n) is 10.2. The third-order valence-electron chi connectivity index (χ3n) is 4.56. The van der Waals surface area contributed by atoms with E-state index < -0.39 is 12.9 Å². The lowest BCUT2D eigenvalue weighted by Crippen LogP contribution is -2.32. The zero-order chi connectivity index (χ0) is 21.2. The van der Waals surface area contributed by atoms with Crippen LogP contribution in [0.5, 0.6) is 0 Å². The van der Waals surface area contributed by atoms with Gasteiger partial charge in [0, 0.05) is 33.8 Å². The zero-order valence-electron chi connectivity index (χ0n) is 18.2. The Hall–Kier alpha value is -0.620. The summed E-state index contributed by atoms with van der Waals surface area (Å²) >= 11 is 0. The maximum Gasteiger partial charge on any atom is 0.255 e. The lowest BCUT2D eigenvalue weighted by molar-refractivity contribution is -0.149. The smallest absolute Gasteiger partial charge is 0.255 e. The fourth-order valence-corrected chi connectivity index (χ4v) is 4.10. The Morgan fingerprint density at radius 1 is 1.00 bits per heavy atom. The second-order valence-corrected chi connectivity index (χ2v) is 9.32. The molecule has 0 amide bonds. The summed E-state index contributed by atoms with van der Waals surface area (Å²) in [7, 11) is -0.630. The highest BCUT2D eigenvalue weighted by Crippen LogP contribution is 2.53. The molecule has 0 rings (SSSR count). The van der Waals surface area contributed by atoms with Crippen molar-refractivity contribution in [2.24, 2.45) is 5.73 Å². The SMILES string of the molecule is CCC(OC)(OC)P(C)(=O)O.CCCCCCCCCCCCNC(=N)N. The van der Waals surface area contributed by atoms with E-state index >= 15 is 0 Å². The van der Waals surface area contributed by atoms with Crippen LogP contribution in [0.2, 0.25) is 0 Å². The van der Waals surface area contributed by atoms with Crippen molar-refractivity contribution in [3.8, 4) is 0 Å². The minimum absolute atomic E-state index is 0.0934. The number of ether oxygens (including phenoxy) is 2. The van der Waals surface area contributed by atoms with Crippen molar-refractivity contribution in [2.75, 3.05) is 27.4 Å². The van der Waals surface area contributed by atoms with E-state index in [1.807, 2.05) is 0 Å². The number of guanidine groups is 1. The highest BCUT2D eigenvalue weighted by molar-refractivity contribution is 7.58. The molecule has 7 nitrogen and oxygen atoms in total. The van der Waals surface area contributed by atoms with Gasteiger partial charge in [0.05, 0.1) is 0 Å². The van der Waals surface area contributed by atoms with Gasteiger partial charge >= 0.3 is 0 Å². The van der Waals surface area contributed by atoms with E-state index in [4.69, 9.17) is 20.6 Å². The van der Waals surface area contributed by atoms with Gasteiger partial charge in [0.25, 0.3) is 7.37 Å². The molecular formula is C19H44N3O4P. The van der Waals surface area contributed by atoms with Crippen molar-refractivity contribution in [3.63, 3.8) is 0 Å². The van der Waals surface area contributed by atoms with Crippen molar-refractivity contribution < 1.29 is 18.9 Å². The second kappa shape index (κ2) is 17.5. The lowest BCUT2D eigenvalue weighted by Gasteiger charge is -2.31. The average molecular weight is 410 g/mol. The maximum atomic E-state index is 11.2. The van der Waals surface area contributed by atoms with Gasteiger partial charge in [-0.3, -0.25) is 9.97 Å². The molecule has 8 heteroatoms. The molecule has 0 aromatic rings. The van der Waals surface area contributed by atoms with Crippen molar-refractivity contribution in [2.45, 2.75) is 90.0 Å². The predicted octanol–water partition coefficient (Wildman–Crippen LogP) is 4.63. The number of hydrogen-bond acceptors (Lipinski definition) is 4. The third-order valence-corrected chi connectivity index (χ3v) is 6.51. The highest BCUT2D eigenvalue weighted by Gasteiger charge is 2.43. The topological polar surface area (TPSA) is 118 Å². The normalized spacial score (nSPS) is 13.4. The zero-order valence-corrected chi connectivity index (χ0v) is 19.1. The molecule has 0 saturated heterocycles. The van der Waals surface area contributed by atoms with Crippen LogP contribution >= 0.6 is 7.37 Å². The Morgan fingerprint density at radius 3 is 1.67 bits per heavy atom. The van der Waals surface area contributed by atoms with E-state index in [-0.39, 0.29) is 5.96 Å². The van der Waals surface area contributed by atoms with Crippen molar-refractivity contribution in [1.82, 2.24) is 5.32 Å². The molecule has 1 atom stereocenters. The molecule has 1 unspecified atom stereocenters. The first-order chi connectivity index (χ1) is 12.7. The first kappa shape index (κ1) is 28.6. The number of unbranched alkanes of at least 4 members (excludes halogenated alkanes) is 9. The van der Waals surface area contributed by atoms with Crippen LogP contribution in [0.15, 0.2) is 0 Å². The molecule has 0 aliphatic rings. The van der Waals surface area contributed by atoms with Gasteiger partial charge in [-0.05, 0) is 6.42 Å². The summed E-state index contributed by atoms with van der Waals surface area (Å²) in [5.74, 6) is 0.0934. The summed E-state index contributed by atoms with van der Waals surface area (Å²) < 4.78 is 21.0. The number of hydrogen-bond donors (Lipinski definition) is 4. The van der Waals surface area contributed by atoms with E-state index in [1.54, 1.807) is 6.92 Å². The molecular weight excluding hydrogens is 365 g/mol.